The van der Waals surface area contributed by atoms with E-state index in [1.807, 2.05) is 0 Å². The lowest BCUT2D eigenvalue weighted by Crippen LogP contribution is -2.60. The first-order valence-electron chi connectivity index (χ1n) is 9.39. The number of carbonyl (C=O) groups excluding carboxylic acids is 1. The Morgan fingerprint density at radius 3 is 2.42 bits per heavy atom. The summed E-state index contributed by atoms with van der Waals surface area (Å²) in [6.45, 7) is 1.39. The van der Waals surface area contributed by atoms with Gasteiger partial charge < -0.3 is 21.5 Å². The van der Waals surface area contributed by atoms with E-state index in [0.717, 1.165) is 31.3 Å². The van der Waals surface area contributed by atoms with E-state index < -0.39 is 53.5 Å². The van der Waals surface area contributed by atoms with Crippen LogP contribution >= 0.6 is 0 Å². The van der Waals surface area contributed by atoms with Crippen molar-refractivity contribution in [2.75, 3.05) is 17.7 Å². The van der Waals surface area contributed by atoms with Gasteiger partial charge >= 0.3 is 6.18 Å². The molecule has 0 bridgehead atoms. The van der Waals surface area contributed by atoms with Gasteiger partial charge in [-0.2, -0.15) is 13.2 Å². The largest absolute Gasteiger partial charge is 0.424 e. The molecule has 5 N–H and O–H groups in total. The second-order valence-electron chi connectivity index (χ2n) is 7.75. The standard InChI is InChI=1S/C20H19F6N5O2/c1-18(8-33-19(2,17(28)31-18)20(24,25)26)11-6-10(3-4-12(11)21)30-16(32)14-13(27)5-9(7-29-14)15(22)23/h3-7,15H,8,27H2,1-2H3,(H2,28,31)(H,30,32)/t18-,19+/m0/s1. The second kappa shape index (κ2) is 8.21. The number of pyridine rings is 1. The Morgan fingerprint density at radius 1 is 1.21 bits per heavy atom. The first-order valence-corrected chi connectivity index (χ1v) is 9.39. The minimum Gasteiger partial charge on any atom is -0.397 e. The Morgan fingerprint density at radius 2 is 1.88 bits per heavy atom. The van der Waals surface area contributed by atoms with Gasteiger partial charge in [-0.15, -0.1) is 0 Å². The number of ether oxygens (including phenoxy) is 1. The number of hydrogen-bond donors (Lipinski definition) is 3. The van der Waals surface area contributed by atoms with Crippen molar-refractivity contribution in [3.05, 3.63) is 53.1 Å². The van der Waals surface area contributed by atoms with Crippen LogP contribution in [-0.4, -0.2) is 35.1 Å². The van der Waals surface area contributed by atoms with Crippen molar-refractivity contribution in [3.63, 3.8) is 0 Å². The number of aliphatic imine (C=N–C) groups is 1. The van der Waals surface area contributed by atoms with Crippen molar-refractivity contribution < 1.29 is 35.9 Å². The van der Waals surface area contributed by atoms with Gasteiger partial charge in [0.2, 0.25) is 5.60 Å². The molecule has 1 aromatic carbocycles. The van der Waals surface area contributed by atoms with Crippen LogP contribution in [0, 0.1) is 5.82 Å². The zero-order valence-electron chi connectivity index (χ0n) is 17.3. The van der Waals surface area contributed by atoms with Gasteiger partial charge in [0.25, 0.3) is 12.3 Å². The molecule has 0 saturated heterocycles. The molecule has 0 spiro atoms. The number of nitrogens with zero attached hydrogens (tertiary/aromatic N) is 2. The molecule has 0 saturated carbocycles. The number of nitrogen functional groups attached to an aromatic ring is 1. The molecule has 0 fully saturated rings. The Kier molecular flexibility index (Phi) is 6.04. The highest BCUT2D eigenvalue weighted by molar-refractivity contribution is 6.06. The third kappa shape index (κ3) is 4.45. The van der Waals surface area contributed by atoms with Crippen molar-refractivity contribution in [1.29, 1.82) is 0 Å². The molecule has 1 aliphatic rings. The summed E-state index contributed by atoms with van der Waals surface area (Å²) in [6.07, 6.45) is -6.88. The Bertz CT molecular complexity index is 1120. The molecule has 0 radical (unpaired) electrons. The highest BCUT2D eigenvalue weighted by atomic mass is 19.4. The second-order valence-corrected chi connectivity index (χ2v) is 7.75. The van der Waals surface area contributed by atoms with E-state index in [1.54, 1.807) is 0 Å². The van der Waals surface area contributed by atoms with Gasteiger partial charge in [0.15, 0.2) is 5.69 Å². The molecule has 2 aromatic rings. The molecule has 1 amide bonds. The lowest BCUT2D eigenvalue weighted by atomic mass is 9.89. The van der Waals surface area contributed by atoms with Crippen molar-refractivity contribution in [1.82, 2.24) is 4.98 Å². The van der Waals surface area contributed by atoms with Gasteiger partial charge in [-0.3, -0.25) is 9.79 Å². The summed E-state index contributed by atoms with van der Waals surface area (Å²) in [4.78, 5) is 20.0. The first kappa shape index (κ1) is 24.3. The number of amidine groups is 1. The van der Waals surface area contributed by atoms with Crippen LogP contribution in [0.15, 0.2) is 35.5 Å². The number of amides is 1. The number of aromatic nitrogens is 1. The van der Waals surface area contributed by atoms with Crippen molar-refractivity contribution in [2.45, 2.75) is 37.6 Å². The average molecular weight is 475 g/mol. The van der Waals surface area contributed by atoms with E-state index in [0.29, 0.717) is 0 Å². The number of alkyl halides is 5. The maximum atomic E-state index is 14.6. The molecule has 3 rings (SSSR count). The van der Waals surface area contributed by atoms with E-state index in [9.17, 15) is 31.1 Å². The molecule has 2 heterocycles. The van der Waals surface area contributed by atoms with Crippen molar-refractivity contribution in [3.8, 4) is 0 Å². The van der Waals surface area contributed by atoms with Crippen LogP contribution in [0.25, 0.3) is 0 Å². The predicted octanol–water partition coefficient (Wildman–Crippen LogP) is 3.92. The maximum absolute atomic E-state index is 14.6. The molecule has 178 valence electrons. The van der Waals surface area contributed by atoms with Crippen molar-refractivity contribution in [2.24, 2.45) is 10.7 Å². The fraction of sp³-hybridized carbons (Fsp3) is 0.350. The van der Waals surface area contributed by atoms with Gasteiger partial charge in [-0.1, -0.05) is 0 Å². The zero-order valence-corrected chi connectivity index (χ0v) is 17.3. The summed E-state index contributed by atoms with van der Waals surface area (Å²) in [5.41, 5.74) is 5.42. The minimum absolute atomic E-state index is 0.0229. The predicted molar refractivity (Wildman–Crippen MR) is 107 cm³/mol. The summed E-state index contributed by atoms with van der Waals surface area (Å²) in [5, 5.41) is 2.39. The molecule has 1 aromatic heterocycles. The third-order valence-corrected chi connectivity index (χ3v) is 5.25. The summed E-state index contributed by atoms with van der Waals surface area (Å²) in [7, 11) is 0. The summed E-state index contributed by atoms with van der Waals surface area (Å²) in [6, 6.07) is 4.20. The molecule has 2 atom stereocenters. The van der Waals surface area contributed by atoms with Crippen LogP contribution in [0.3, 0.4) is 0 Å². The van der Waals surface area contributed by atoms with Crippen molar-refractivity contribution >= 4 is 23.1 Å². The normalized spacial score (nSPS) is 23.4. The number of carbonyl (C=O) groups is 1. The van der Waals surface area contributed by atoms with Crippen LogP contribution in [0.2, 0.25) is 0 Å². The topological polar surface area (TPSA) is 116 Å². The lowest BCUT2D eigenvalue weighted by Gasteiger charge is -2.41. The van der Waals surface area contributed by atoms with Crippen LogP contribution in [0.4, 0.5) is 37.7 Å². The van der Waals surface area contributed by atoms with Crippen LogP contribution in [0.1, 0.15) is 41.9 Å². The smallest absolute Gasteiger partial charge is 0.397 e. The Labute approximate surface area is 183 Å². The minimum atomic E-state index is -4.84. The fourth-order valence-corrected chi connectivity index (χ4v) is 3.14. The number of anilines is 2. The van der Waals surface area contributed by atoms with Gasteiger partial charge in [-0.25, -0.2) is 18.2 Å². The highest BCUT2D eigenvalue weighted by Crippen LogP contribution is 2.41. The van der Waals surface area contributed by atoms with Crippen LogP contribution in [-0.2, 0) is 10.3 Å². The maximum Gasteiger partial charge on any atom is 0.424 e. The van der Waals surface area contributed by atoms with Gasteiger partial charge in [0, 0.05) is 23.0 Å². The number of nitrogens with one attached hydrogen (secondary N) is 1. The quantitative estimate of drug-likeness (QED) is 0.580. The Balaban J connectivity index is 1.91. The van der Waals surface area contributed by atoms with E-state index in [1.165, 1.54) is 13.0 Å². The number of nitrogens with two attached hydrogens (primary N) is 2. The Hall–Kier alpha value is -3.35. The fourth-order valence-electron chi connectivity index (χ4n) is 3.14. The van der Waals surface area contributed by atoms with Gasteiger partial charge in [-0.05, 0) is 38.1 Å². The molecule has 1 aliphatic heterocycles. The highest BCUT2D eigenvalue weighted by Gasteiger charge is 2.59. The SMILES string of the molecule is C[C@@]1(c2cc(NC(=O)c3ncc(C(F)F)cc3N)ccc2F)CO[C@@](C)(C(F)(F)F)C(N)=N1. The zero-order chi connectivity index (χ0) is 24.8. The first-order chi connectivity index (χ1) is 15.2. The number of rotatable bonds is 4. The molecular formula is C20H19F6N5O2. The number of hydrogen-bond acceptors (Lipinski definition) is 6. The summed E-state index contributed by atoms with van der Waals surface area (Å²) >= 11 is 0. The van der Waals surface area contributed by atoms with E-state index in [-0.39, 0.29) is 22.6 Å². The molecular weight excluding hydrogens is 456 g/mol. The molecule has 0 aliphatic carbocycles. The average Bonchev–Trinajstić information content (AvgIpc) is 2.71. The molecule has 33 heavy (non-hydrogen) atoms. The lowest BCUT2D eigenvalue weighted by molar-refractivity contribution is -0.249. The van der Waals surface area contributed by atoms with Gasteiger partial charge in [0.1, 0.15) is 17.2 Å². The molecule has 7 nitrogen and oxygen atoms in total. The number of halogens is 6. The van der Waals surface area contributed by atoms with Gasteiger partial charge in [0.05, 0.1) is 12.3 Å². The van der Waals surface area contributed by atoms with E-state index in [2.05, 4.69) is 15.3 Å². The van der Waals surface area contributed by atoms with Crippen LogP contribution in [0.5, 0.6) is 0 Å². The summed E-state index contributed by atoms with van der Waals surface area (Å²) < 4.78 is 85.0. The third-order valence-electron chi connectivity index (χ3n) is 5.25. The van der Waals surface area contributed by atoms with E-state index in [4.69, 9.17) is 16.2 Å². The van der Waals surface area contributed by atoms with E-state index >= 15 is 0 Å². The molecule has 0 unspecified atom stereocenters. The van der Waals surface area contributed by atoms with Crippen LogP contribution < -0.4 is 16.8 Å². The number of benzene rings is 1. The summed E-state index contributed by atoms with van der Waals surface area (Å²) in [5.74, 6) is -2.58. The molecule has 13 heteroatoms. The monoisotopic (exact) mass is 475 g/mol.